The van der Waals surface area contributed by atoms with E-state index in [1.165, 1.54) is 6.20 Å². The molecule has 0 N–H and O–H groups in total. The molecule has 0 bridgehead atoms. The highest BCUT2D eigenvalue weighted by atomic mass is 19.1. The Hall–Kier alpha value is -3.20. The first-order valence-corrected chi connectivity index (χ1v) is 10.6. The fraction of sp³-hybridized carbons (Fsp3) is 0.409. The molecule has 31 heavy (non-hydrogen) atoms. The van der Waals surface area contributed by atoms with Gasteiger partial charge in [-0.15, -0.1) is 0 Å². The van der Waals surface area contributed by atoms with Crippen LogP contribution in [0, 0.1) is 5.82 Å². The summed E-state index contributed by atoms with van der Waals surface area (Å²) < 4.78 is 27.1. The van der Waals surface area contributed by atoms with E-state index in [2.05, 4.69) is 30.9 Å². The van der Waals surface area contributed by atoms with Gasteiger partial charge in [0.25, 0.3) is 6.01 Å². The van der Waals surface area contributed by atoms with Gasteiger partial charge < -0.3 is 23.5 Å². The average molecular weight is 422 g/mol. The average Bonchev–Trinajstić information content (AvgIpc) is 3.51. The maximum atomic E-state index is 13.8. The van der Waals surface area contributed by atoms with E-state index in [9.17, 15) is 4.39 Å². The Bertz CT molecular complexity index is 1260. The monoisotopic (exact) mass is 422 g/mol. The fourth-order valence-corrected chi connectivity index (χ4v) is 4.69. The van der Waals surface area contributed by atoms with Crippen molar-refractivity contribution in [1.82, 2.24) is 19.5 Å². The van der Waals surface area contributed by atoms with Gasteiger partial charge in [0.05, 0.1) is 25.6 Å². The van der Waals surface area contributed by atoms with E-state index >= 15 is 0 Å². The van der Waals surface area contributed by atoms with Crippen LogP contribution < -0.4 is 9.80 Å². The van der Waals surface area contributed by atoms with Crippen molar-refractivity contribution >= 4 is 34.0 Å². The molecule has 1 atom stereocenters. The summed E-state index contributed by atoms with van der Waals surface area (Å²) in [5.74, 6) is 0.886. The molecule has 0 radical (unpaired) electrons. The molecule has 0 aromatic carbocycles. The molecule has 1 unspecified atom stereocenters. The zero-order chi connectivity index (χ0) is 20.9. The number of halogens is 1. The minimum absolute atomic E-state index is 0.297. The van der Waals surface area contributed by atoms with Crippen molar-refractivity contribution in [3.8, 4) is 0 Å². The SMILES string of the molecule is Cn1cc(C2CCN(c3cc4nc(N5CCOCC5)oc4cn3)C2)c2cc(F)cnc21. The Morgan fingerprint density at radius 3 is 2.81 bits per heavy atom. The van der Waals surface area contributed by atoms with Gasteiger partial charge in [-0.2, -0.15) is 4.98 Å². The van der Waals surface area contributed by atoms with E-state index in [4.69, 9.17) is 9.15 Å². The number of nitrogens with zero attached hydrogens (tertiary/aromatic N) is 6. The van der Waals surface area contributed by atoms with E-state index in [1.54, 1.807) is 12.3 Å². The number of anilines is 2. The second kappa shape index (κ2) is 7.19. The lowest BCUT2D eigenvalue weighted by atomic mass is 9.99. The van der Waals surface area contributed by atoms with Gasteiger partial charge in [0, 0.05) is 56.8 Å². The largest absolute Gasteiger partial charge is 0.422 e. The van der Waals surface area contributed by atoms with Gasteiger partial charge in [-0.1, -0.05) is 0 Å². The number of morpholine rings is 1. The van der Waals surface area contributed by atoms with Crippen molar-refractivity contribution in [2.45, 2.75) is 12.3 Å². The van der Waals surface area contributed by atoms with Crippen molar-refractivity contribution in [3.63, 3.8) is 0 Å². The van der Waals surface area contributed by atoms with Crippen LogP contribution in [0.25, 0.3) is 22.1 Å². The highest BCUT2D eigenvalue weighted by Crippen LogP contribution is 2.35. The summed E-state index contributed by atoms with van der Waals surface area (Å²) in [6.07, 6.45) is 6.09. The van der Waals surface area contributed by atoms with Crippen LogP contribution in [0.1, 0.15) is 17.9 Å². The van der Waals surface area contributed by atoms with Gasteiger partial charge in [0.2, 0.25) is 0 Å². The molecule has 0 saturated carbocycles. The lowest BCUT2D eigenvalue weighted by Gasteiger charge is -2.24. The van der Waals surface area contributed by atoms with Crippen LogP contribution in [-0.2, 0) is 11.8 Å². The number of aryl methyl sites for hydroxylation is 1. The lowest BCUT2D eigenvalue weighted by Crippen LogP contribution is -2.36. The summed E-state index contributed by atoms with van der Waals surface area (Å²) in [6, 6.07) is 4.21. The van der Waals surface area contributed by atoms with E-state index in [0.29, 0.717) is 30.7 Å². The number of hydrogen-bond donors (Lipinski definition) is 0. The molecule has 2 fully saturated rings. The first-order chi connectivity index (χ1) is 15.2. The van der Waals surface area contributed by atoms with E-state index in [1.807, 2.05) is 17.7 Å². The maximum Gasteiger partial charge on any atom is 0.298 e. The van der Waals surface area contributed by atoms with Gasteiger partial charge >= 0.3 is 0 Å². The van der Waals surface area contributed by atoms with Crippen LogP contribution in [0.4, 0.5) is 16.2 Å². The fourth-order valence-electron chi connectivity index (χ4n) is 4.69. The molecular formula is C22H23FN6O2. The molecule has 0 aliphatic carbocycles. The molecule has 2 aliphatic heterocycles. The second-order valence-corrected chi connectivity index (χ2v) is 8.26. The second-order valence-electron chi connectivity index (χ2n) is 8.26. The van der Waals surface area contributed by atoms with Crippen LogP contribution in [-0.4, -0.2) is 58.9 Å². The first kappa shape index (κ1) is 18.6. The van der Waals surface area contributed by atoms with E-state index in [-0.39, 0.29) is 5.82 Å². The predicted octanol–water partition coefficient (Wildman–Crippen LogP) is 3.08. The molecule has 2 aliphatic rings. The molecule has 8 nitrogen and oxygen atoms in total. The molecule has 4 aromatic rings. The standard InChI is InChI=1S/C22H23FN6O2/c1-27-13-17(16-8-15(23)10-25-21(16)27)14-2-3-29(12-14)20-9-18-19(11-24-20)31-22(26-18)28-4-6-30-7-5-28/h8-11,13-14H,2-7,12H2,1H3. The van der Waals surface area contributed by atoms with Gasteiger partial charge in [0.15, 0.2) is 5.58 Å². The third-order valence-corrected chi connectivity index (χ3v) is 6.29. The molecule has 0 amide bonds. The normalized spacial score (nSPS) is 19.7. The topological polar surface area (TPSA) is 72.5 Å². The van der Waals surface area contributed by atoms with Crippen molar-refractivity contribution in [1.29, 1.82) is 0 Å². The Morgan fingerprint density at radius 2 is 1.94 bits per heavy atom. The van der Waals surface area contributed by atoms with Crippen LogP contribution in [0.15, 0.2) is 35.1 Å². The van der Waals surface area contributed by atoms with Crippen molar-refractivity contribution in [2.75, 3.05) is 49.2 Å². The van der Waals surface area contributed by atoms with E-state index < -0.39 is 0 Å². The number of fused-ring (bicyclic) bond motifs is 2. The zero-order valence-corrected chi connectivity index (χ0v) is 17.3. The Labute approximate surface area is 178 Å². The Kier molecular flexibility index (Phi) is 4.31. The number of rotatable bonds is 3. The Balaban J connectivity index is 1.26. The summed E-state index contributed by atoms with van der Waals surface area (Å²) >= 11 is 0. The molecule has 160 valence electrons. The quantitative estimate of drug-likeness (QED) is 0.502. The summed E-state index contributed by atoms with van der Waals surface area (Å²) in [6.45, 7) is 4.64. The Morgan fingerprint density at radius 1 is 1.06 bits per heavy atom. The minimum atomic E-state index is -0.302. The zero-order valence-electron chi connectivity index (χ0n) is 17.3. The molecular weight excluding hydrogens is 399 g/mol. The van der Waals surface area contributed by atoms with Crippen LogP contribution in [0.2, 0.25) is 0 Å². The number of ether oxygens (including phenoxy) is 1. The predicted molar refractivity (Wildman–Crippen MR) is 115 cm³/mol. The van der Waals surface area contributed by atoms with Crippen molar-refractivity contribution in [3.05, 3.63) is 42.1 Å². The van der Waals surface area contributed by atoms with Crippen molar-refractivity contribution < 1.29 is 13.5 Å². The molecule has 4 aromatic heterocycles. The summed E-state index contributed by atoms with van der Waals surface area (Å²) in [5.41, 5.74) is 3.46. The number of oxazole rings is 1. The van der Waals surface area contributed by atoms with Gasteiger partial charge in [-0.25, -0.2) is 14.4 Å². The van der Waals surface area contributed by atoms with Crippen LogP contribution in [0.5, 0.6) is 0 Å². The molecule has 6 rings (SSSR count). The third kappa shape index (κ3) is 3.20. The number of pyridine rings is 2. The lowest BCUT2D eigenvalue weighted by molar-refractivity contribution is 0.120. The first-order valence-electron chi connectivity index (χ1n) is 10.6. The third-order valence-electron chi connectivity index (χ3n) is 6.29. The van der Waals surface area contributed by atoms with Gasteiger partial charge in [0.1, 0.15) is 22.8 Å². The van der Waals surface area contributed by atoms with Gasteiger partial charge in [-0.3, -0.25) is 0 Å². The number of aromatic nitrogens is 4. The molecule has 0 spiro atoms. The molecule has 6 heterocycles. The van der Waals surface area contributed by atoms with Crippen LogP contribution >= 0.6 is 0 Å². The van der Waals surface area contributed by atoms with Crippen LogP contribution in [0.3, 0.4) is 0 Å². The molecule has 2 saturated heterocycles. The summed E-state index contributed by atoms with van der Waals surface area (Å²) in [4.78, 5) is 17.9. The highest BCUT2D eigenvalue weighted by Gasteiger charge is 2.28. The highest BCUT2D eigenvalue weighted by molar-refractivity contribution is 5.81. The van der Waals surface area contributed by atoms with Crippen molar-refractivity contribution in [2.24, 2.45) is 7.05 Å². The summed E-state index contributed by atoms with van der Waals surface area (Å²) in [5, 5.41) is 0.893. The number of hydrogen-bond acceptors (Lipinski definition) is 7. The summed E-state index contributed by atoms with van der Waals surface area (Å²) in [7, 11) is 1.95. The maximum absolute atomic E-state index is 13.8. The molecule has 9 heteroatoms. The van der Waals surface area contributed by atoms with Gasteiger partial charge in [-0.05, 0) is 18.1 Å². The minimum Gasteiger partial charge on any atom is -0.422 e. The smallest absolute Gasteiger partial charge is 0.298 e. The van der Waals surface area contributed by atoms with E-state index in [0.717, 1.165) is 60.5 Å².